The molecule has 1 saturated heterocycles. The second kappa shape index (κ2) is 10.2. The Bertz CT molecular complexity index is 291. The van der Waals surface area contributed by atoms with Gasteiger partial charge in [0.25, 0.3) is 0 Å². The molecular formula is C18H36N2O. The van der Waals surface area contributed by atoms with Gasteiger partial charge in [0.2, 0.25) is 5.91 Å². The average Bonchev–Trinajstić information content (AvgIpc) is 2.71. The van der Waals surface area contributed by atoms with Crippen molar-refractivity contribution in [3.8, 4) is 0 Å². The Balaban J connectivity index is 2.40. The van der Waals surface area contributed by atoms with E-state index >= 15 is 0 Å². The van der Waals surface area contributed by atoms with Crippen molar-refractivity contribution in [3.05, 3.63) is 0 Å². The number of unbranched alkanes of at least 4 members (excludes halogenated alkanes) is 5. The van der Waals surface area contributed by atoms with E-state index in [1.807, 2.05) is 0 Å². The van der Waals surface area contributed by atoms with Crippen LogP contribution in [0.15, 0.2) is 0 Å². The largest absolute Gasteiger partial charge is 0.326 e. The van der Waals surface area contributed by atoms with Crippen LogP contribution in [0.2, 0.25) is 0 Å². The van der Waals surface area contributed by atoms with E-state index in [1.165, 1.54) is 32.1 Å². The van der Waals surface area contributed by atoms with Gasteiger partial charge in [-0.1, -0.05) is 66.2 Å². The molecule has 0 aromatic rings. The number of nitrogens with zero attached hydrogens (tertiary/aromatic N) is 1. The van der Waals surface area contributed by atoms with Crippen LogP contribution in [-0.2, 0) is 4.79 Å². The lowest BCUT2D eigenvalue weighted by Crippen LogP contribution is -2.39. The summed E-state index contributed by atoms with van der Waals surface area (Å²) in [6.45, 7) is 9.82. The Hall–Kier alpha value is -0.570. The van der Waals surface area contributed by atoms with Crippen LogP contribution in [-0.4, -0.2) is 29.6 Å². The Morgan fingerprint density at radius 1 is 1.05 bits per heavy atom. The second-order valence-corrected chi connectivity index (χ2v) is 6.95. The number of carbonyl (C=O) groups is 1. The highest BCUT2D eigenvalue weighted by Gasteiger charge is 2.37. The smallest absolute Gasteiger partial charge is 0.241 e. The molecule has 1 aliphatic heterocycles. The maximum Gasteiger partial charge on any atom is 0.241 e. The van der Waals surface area contributed by atoms with Crippen molar-refractivity contribution in [2.24, 2.45) is 5.92 Å². The third kappa shape index (κ3) is 6.37. The maximum absolute atomic E-state index is 12.5. The maximum atomic E-state index is 12.5. The molecule has 0 aromatic carbocycles. The second-order valence-electron chi connectivity index (χ2n) is 6.95. The van der Waals surface area contributed by atoms with Gasteiger partial charge in [0.05, 0.1) is 12.2 Å². The fourth-order valence-corrected chi connectivity index (χ4v) is 3.21. The summed E-state index contributed by atoms with van der Waals surface area (Å²) in [5.74, 6) is 0.971. The molecule has 0 saturated carbocycles. The predicted molar refractivity (Wildman–Crippen MR) is 90.2 cm³/mol. The first kappa shape index (κ1) is 18.5. The normalized spacial score (nSPS) is 22.5. The zero-order valence-corrected chi connectivity index (χ0v) is 14.7. The average molecular weight is 296 g/mol. The highest BCUT2D eigenvalue weighted by atomic mass is 16.2. The monoisotopic (exact) mass is 296 g/mol. The summed E-state index contributed by atoms with van der Waals surface area (Å²) in [7, 11) is 0. The van der Waals surface area contributed by atoms with Gasteiger partial charge in [-0.05, 0) is 25.2 Å². The minimum Gasteiger partial charge on any atom is -0.326 e. The van der Waals surface area contributed by atoms with Gasteiger partial charge in [-0.3, -0.25) is 10.1 Å². The highest BCUT2D eigenvalue weighted by molar-refractivity contribution is 5.84. The van der Waals surface area contributed by atoms with Crippen LogP contribution in [0.25, 0.3) is 0 Å². The van der Waals surface area contributed by atoms with Gasteiger partial charge < -0.3 is 4.90 Å². The molecular weight excluding hydrogens is 260 g/mol. The van der Waals surface area contributed by atoms with Gasteiger partial charge in [-0.15, -0.1) is 0 Å². The van der Waals surface area contributed by atoms with Crippen molar-refractivity contribution in [1.29, 1.82) is 0 Å². The van der Waals surface area contributed by atoms with Crippen LogP contribution in [0.3, 0.4) is 0 Å². The fraction of sp³-hybridized carbons (Fsp3) is 0.944. The number of hydrogen-bond donors (Lipinski definition) is 1. The molecule has 2 atom stereocenters. The fourth-order valence-electron chi connectivity index (χ4n) is 3.21. The van der Waals surface area contributed by atoms with Crippen LogP contribution in [0, 0.1) is 5.92 Å². The van der Waals surface area contributed by atoms with Crippen molar-refractivity contribution in [3.63, 3.8) is 0 Å². The molecule has 3 nitrogen and oxygen atoms in total. The predicted octanol–water partition coefficient (Wildman–Crippen LogP) is 4.32. The van der Waals surface area contributed by atoms with Crippen molar-refractivity contribution in [2.75, 3.05) is 6.54 Å². The number of nitrogens with one attached hydrogen (secondary N) is 1. The van der Waals surface area contributed by atoms with Gasteiger partial charge in [-0.2, -0.15) is 0 Å². The number of amides is 1. The number of carbonyl (C=O) groups excluding carboxylic acids is 1. The molecule has 1 N–H and O–H groups in total. The lowest BCUT2D eigenvalue weighted by atomic mass is 10.1. The van der Waals surface area contributed by atoms with Crippen LogP contribution >= 0.6 is 0 Å². The molecule has 1 amide bonds. The van der Waals surface area contributed by atoms with E-state index in [2.05, 4.69) is 37.9 Å². The molecule has 0 spiro atoms. The standard InChI is InChI=1S/C18H36N2O/c1-5-7-8-9-10-11-13-20-17(14-15(3)4)19-16(12-6-2)18(20)21/h15-17,19H,5-14H2,1-4H3. The molecule has 0 radical (unpaired) electrons. The summed E-state index contributed by atoms with van der Waals surface area (Å²) in [6.07, 6.45) is 11.1. The van der Waals surface area contributed by atoms with Crippen molar-refractivity contribution in [2.45, 2.75) is 97.7 Å². The molecule has 3 heteroatoms. The van der Waals surface area contributed by atoms with Crippen LogP contribution in [0.1, 0.15) is 85.5 Å². The molecule has 0 aromatic heterocycles. The quantitative estimate of drug-likeness (QED) is 0.576. The SMILES string of the molecule is CCCCCCCCN1C(=O)C(CCC)NC1CC(C)C. The minimum atomic E-state index is 0.0684. The van der Waals surface area contributed by atoms with E-state index in [4.69, 9.17) is 0 Å². The molecule has 0 bridgehead atoms. The van der Waals surface area contributed by atoms with Crippen molar-refractivity contribution >= 4 is 5.91 Å². The van der Waals surface area contributed by atoms with E-state index in [-0.39, 0.29) is 12.2 Å². The van der Waals surface area contributed by atoms with Crippen LogP contribution in [0.4, 0.5) is 0 Å². The summed E-state index contributed by atoms with van der Waals surface area (Å²) in [4.78, 5) is 14.6. The Kier molecular flexibility index (Phi) is 8.98. The minimum absolute atomic E-state index is 0.0684. The molecule has 1 fully saturated rings. The first-order valence-electron chi connectivity index (χ1n) is 9.16. The summed E-state index contributed by atoms with van der Waals surface area (Å²) in [6, 6.07) is 0.0684. The number of hydrogen-bond acceptors (Lipinski definition) is 2. The summed E-state index contributed by atoms with van der Waals surface area (Å²) in [5, 5.41) is 3.56. The first-order valence-corrected chi connectivity index (χ1v) is 9.16. The Labute approximate surface area is 131 Å². The third-order valence-corrected chi connectivity index (χ3v) is 4.38. The van der Waals surface area contributed by atoms with Crippen molar-refractivity contribution in [1.82, 2.24) is 10.2 Å². The molecule has 21 heavy (non-hydrogen) atoms. The zero-order chi connectivity index (χ0) is 15.7. The summed E-state index contributed by atoms with van der Waals surface area (Å²) in [5.41, 5.74) is 0. The molecule has 0 aliphatic carbocycles. The Morgan fingerprint density at radius 2 is 1.71 bits per heavy atom. The van der Waals surface area contributed by atoms with Gasteiger partial charge in [-0.25, -0.2) is 0 Å². The van der Waals surface area contributed by atoms with Gasteiger partial charge in [0, 0.05) is 6.54 Å². The van der Waals surface area contributed by atoms with Gasteiger partial charge in [0.15, 0.2) is 0 Å². The van der Waals surface area contributed by atoms with Crippen molar-refractivity contribution < 1.29 is 4.79 Å². The number of rotatable bonds is 11. The van der Waals surface area contributed by atoms with Crippen LogP contribution in [0.5, 0.6) is 0 Å². The summed E-state index contributed by atoms with van der Waals surface area (Å²) >= 11 is 0. The molecule has 2 unspecified atom stereocenters. The van der Waals surface area contributed by atoms with E-state index in [1.54, 1.807) is 0 Å². The highest BCUT2D eigenvalue weighted by Crippen LogP contribution is 2.21. The molecule has 1 aliphatic rings. The van der Waals surface area contributed by atoms with Gasteiger partial charge >= 0.3 is 0 Å². The lowest BCUT2D eigenvalue weighted by molar-refractivity contribution is -0.130. The lowest BCUT2D eigenvalue weighted by Gasteiger charge is -2.25. The van der Waals surface area contributed by atoms with E-state index in [0.717, 1.165) is 32.2 Å². The summed E-state index contributed by atoms with van der Waals surface area (Å²) < 4.78 is 0. The topological polar surface area (TPSA) is 32.3 Å². The van der Waals surface area contributed by atoms with E-state index in [9.17, 15) is 4.79 Å². The molecule has 1 heterocycles. The van der Waals surface area contributed by atoms with E-state index in [0.29, 0.717) is 11.8 Å². The molecule has 1 rings (SSSR count). The molecule has 124 valence electrons. The Morgan fingerprint density at radius 3 is 2.33 bits per heavy atom. The van der Waals surface area contributed by atoms with Crippen LogP contribution < -0.4 is 5.32 Å². The third-order valence-electron chi connectivity index (χ3n) is 4.38. The zero-order valence-electron chi connectivity index (χ0n) is 14.7. The van der Waals surface area contributed by atoms with Gasteiger partial charge in [0.1, 0.15) is 0 Å². The first-order chi connectivity index (χ1) is 10.1. The van der Waals surface area contributed by atoms with E-state index < -0.39 is 0 Å².